The van der Waals surface area contributed by atoms with Crippen molar-refractivity contribution in [2.24, 2.45) is 0 Å². The van der Waals surface area contributed by atoms with Crippen LogP contribution in [0.2, 0.25) is 5.02 Å². The summed E-state index contributed by atoms with van der Waals surface area (Å²) in [5, 5.41) is 2.73. The Hall–Kier alpha value is -3.23. The molecule has 7 rings (SSSR count). The summed E-state index contributed by atoms with van der Waals surface area (Å²) in [6.45, 7) is 1.86. The van der Waals surface area contributed by atoms with Gasteiger partial charge in [0, 0.05) is 36.8 Å². The lowest BCUT2D eigenvalue weighted by atomic mass is 9.95. The van der Waals surface area contributed by atoms with E-state index < -0.39 is 45.5 Å². The van der Waals surface area contributed by atoms with Crippen LogP contribution in [0, 0.1) is 5.82 Å². The molecular weight excluding hydrogens is 609 g/mol. The normalized spacial score (nSPS) is 26.8. The minimum absolute atomic E-state index is 0.0928. The molecule has 236 valence electrons. The monoisotopic (exact) mass is 639 g/mol. The molecule has 6 heterocycles. The van der Waals surface area contributed by atoms with Gasteiger partial charge in [-0.1, -0.05) is 11.6 Å². The maximum absolute atomic E-state index is 16.6. The van der Waals surface area contributed by atoms with E-state index in [4.69, 9.17) is 31.8 Å². The first-order valence-corrected chi connectivity index (χ1v) is 15.0. The van der Waals surface area contributed by atoms with Crippen molar-refractivity contribution in [1.29, 1.82) is 0 Å². The van der Waals surface area contributed by atoms with Crippen LogP contribution in [-0.2, 0) is 6.18 Å². The lowest BCUT2D eigenvalue weighted by Gasteiger charge is -2.38. The smallest absolute Gasteiger partial charge is 0.418 e. The summed E-state index contributed by atoms with van der Waals surface area (Å²) in [7, 11) is 1.87. The zero-order valence-corrected chi connectivity index (χ0v) is 24.6. The van der Waals surface area contributed by atoms with Gasteiger partial charge in [-0.05, 0) is 51.4 Å². The van der Waals surface area contributed by atoms with Crippen molar-refractivity contribution in [2.45, 2.75) is 62.1 Å². The SMILES string of the molecule is CNC1CCN2c3nc(OC[C@@]45CCCN4C[C@H](F)C5)nc4c(F)c(-c5cc(N)cc(Cl)c5C(F)(F)F)nc(c34)OCC2C1. The molecule has 4 aliphatic heterocycles. The third-order valence-corrected chi connectivity index (χ3v) is 9.70. The number of hydrogen-bond donors (Lipinski definition) is 2. The van der Waals surface area contributed by atoms with Crippen LogP contribution in [0.3, 0.4) is 0 Å². The molecular formula is C29H31ClF5N7O2. The van der Waals surface area contributed by atoms with E-state index >= 15 is 4.39 Å². The molecule has 0 saturated carbocycles. The highest BCUT2D eigenvalue weighted by molar-refractivity contribution is 6.32. The van der Waals surface area contributed by atoms with E-state index in [1.165, 1.54) is 0 Å². The van der Waals surface area contributed by atoms with Crippen LogP contribution in [0.15, 0.2) is 12.1 Å². The average molecular weight is 640 g/mol. The number of nitrogen functional groups attached to an aromatic ring is 1. The van der Waals surface area contributed by atoms with Crippen molar-refractivity contribution in [3.8, 4) is 23.1 Å². The Morgan fingerprint density at radius 2 is 2.05 bits per heavy atom. The second-order valence-corrected chi connectivity index (χ2v) is 12.5. The molecule has 15 heteroatoms. The van der Waals surface area contributed by atoms with Crippen LogP contribution in [-0.4, -0.2) is 83.5 Å². The Morgan fingerprint density at radius 3 is 2.82 bits per heavy atom. The van der Waals surface area contributed by atoms with Gasteiger partial charge >= 0.3 is 12.2 Å². The quantitative estimate of drug-likeness (QED) is 0.295. The number of alkyl halides is 4. The highest BCUT2D eigenvalue weighted by Crippen LogP contribution is 2.47. The Balaban J connectivity index is 1.40. The molecule has 3 saturated heterocycles. The average Bonchev–Trinajstić information content (AvgIpc) is 3.44. The fourth-order valence-electron chi connectivity index (χ4n) is 7.33. The lowest BCUT2D eigenvalue weighted by molar-refractivity contribution is -0.137. The molecule has 3 N–H and O–H groups in total. The summed E-state index contributed by atoms with van der Waals surface area (Å²) < 4.78 is 85.8. The van der Waals surface area contributed by atoms with Gasteiger partial charge in [-0.3, -0.25) is 4.90 Å². The molecule has 2 aromatic heterocycles. The zero-order chi connectivity index (χ0) is 31.0. The van der Waals surface area contributed by atoms with E-state index in [1.807, 2.05) is 11.9 Å². The number of halogens is 6. The molecule has 2 unspecified atom stereocenters. The summed E-state index contributed by atoms with van der Waals surface area (Å²) in [6.07, 6.45) is -2.52. The second kappa shape index (κ2) is 10.7. The Labute approximate surface area is 254 Å². The summed E-state index contributed by atoms with van der Waals surface area (Å²) in [6, 6.07) is 1.79. The number of piperidine rings is 1. The number of aromatic nitrogens is 3. The number of pyridine rings is 1. The topological polar surface area (TPSA) is 102 Å². The van der Waals surface area contributed by atoms with Gasteiger partial charge in [0.1, 0.15) is 41.8 Å². The maximum Gasteiger partial charge on any atom is 0.418 e. The summed E-state index contributed by atoms with van der Waals surface area (Å²) in [5.41, 5.74) is 2.37. The van der Waals surface area contributed by atoms with E-state index in [9.17, 15) is 17.6 Å². The van der Waals surface area contributed by atoms with Crippen molar-refractivity contribution in [3.05, 3.63) is 28.5 Å². The van der Waals surface area contributed by atoms with Crippen LogP contribution >= 0.6 is 11.6 Å². The zero-order valence-electron chi connectivity index (χ0n) is 23.9. The summed E-state index contributed by atoms with van der Waals surface area (Å²) in [5.74, 6) is -0.897. The van der Waals surface area contributed by atoms with Gasteiger partial charge in [0.2, 0.25) is 5.88 Å². The fourth-order valence-corrected chi connectivity index (χ4v) is 7.67. The Bertz CT molecular complexity index is 1630. The van der Waals surface area contributed by atoms with Gasteiger partial charge in [0.25, 0.3) is 0 Å². The number of hydrogen-bond acceptors (Lipinski definition) is 9. The van der Waals surface area contributed by atoms with E-state index in [0.29, 0.717) is 31.7 Å². The predicted molar refractivity (Wildman–Crippen MR) is 154 cm³/mol. The lowest BCUT2D eigenvalue weighted by Crippen LogP contribution is -2.50. The van der Waals surface area contributed by atoms with Crippen molar-refractivity contribution in [2.75, 3.05) is 50.5 Å². The number of anilines is 2. The third kappa shape index (κ3) is 4.85. The highest BCUT2D eigenvalue weighted by Gasteiger charge is 2.49. The second-order valence-electron chi connectivity index (χ2n) is 12.1. The van der Waals surface area contributed by atoms with Crippen LogP contribution in [0.4, 0.5) is 33.5 Å². The molecule has 4 atom stereocenters. The molecule has 44 heavy (non-hydrogen) atoms. The van der Waals surface area contributed by atoms with E-state index in [2.05, 4.69) is 20.2 Å². The summed E-state index contributed by atoms with van der Waals surface area (Å²) in [4.78, 5) is 17.4. The molecule has 9 nitrogen and oxygen atoms in total. The van der Waals surface area contributed by atoms with Gasteiger partial charge in [0.05, 0.1) is 22.2 Å². The van der Waals surface area contributed by atoms with Crippen molar-refractivity contribution in [1.82, 2.24) is 25.2 Å². The first kappa shape index (κ1) is 29.5. The van der Waals surface area contributed by atoms with E-state index in [-0.39, 0.29) is 53.8 Å². The van der Waals surface area contributed by atoms with Gasteiger partial charge in [0.15, 0.2) is 5.82 Å². The van der Waals surface area contributed by atoms with Gasteiger partial charge in [-0.2, -0.15) is 23.1 Å². The molecule has 4 aliphatic rings. The number of benzene rings is 1. The van der Waals surface area contributed by atoms with Crippen molar-refractivity contribution < 1.29 is 31.4 Å². The number of fused-ring (bicyclic) bond motifs is 3. The number of nitrogens with two attached hydrogens (primary N) is 1. The maximum atomic E-state index is 16.6. The molecule has 3 aromatic rings. The largest absolute Gasteiger partial charge is 0.475 e. The number of nitrogens with one attached hydrogen (secondary N) is 1. The molecule has 0 radical (unpaired) electrons. The first-order valence-electron chi connectivity index (χ1n) is 14.6. The van der Waals surface area contributed by atoms with Crippen LogP contribution in [0.1, 0.15) is 37.7 Å². The molecule has 0 aliphatic carbocycles. The predicted octanol–water partition coefficient (Wildman–Crippen LogP) is 4.99. The van der Waals surface area contributed by atoms with Crippen molar-refractivity contribution in [3.63, 3.8) is 0 Å². The minimum atomic E-state index is -4.94. The van der Waals surface area contributed by atoms with E-state index in [1.54, 1.807) is 0 Å². The molecule has 0 amide bonds. The van der Waals surface area contributed by atoms with Crippen LogP contribution < -0.4 is 25.4 Å². The highest BCUT2D eigenvalue weighted by atomic mass is 35.5. The minimum Gasteiger partial charge on any atom is -0.475 e. The van der Waals surface area contributed by atoms with Crippen LogP contribution in [0.25, 0.3) is 22.2 Å². The third-order valence-electron chi connectivity index (χ3n) is 9.40. The van der Waals surface area contributed by atoms with Crippen molar-refractivity contribution >= 4 is 34.0 Å². The molecule has 3 fully saturated rings. The fraction of sp³-hybridized carbons (Fsp3) is 0.552. The van der Waals surface area contributed by atoms with Gasteiger partial charge in [-0.25, -0.2) is 13.8 Å². The molecule has 0 spiro atoms. The van der Waals surface area contributed by atoms with E-state index in [0.717, 1.165) is 37.9 Å². The number of nitrogens with zero attached hydrogens (tertiary/aromatic N) is 5. The first-order chi connectivity index (χ1) is 21.0. The Morgan fingerprint density at radius 1 is 1.23 bits per heavy atom. The molecule has 0 bridgehead atoms. The summed E-state index contributed by atoms with van der Waals surface area (Å²) >= 11 is 6.00. The number of ether oxygens (including phenoxy) is 2. The van der Waals surface area contributed by atoms with Gasteiger partial charge < -0.3 is 25.4 Å². The molecule has 1 aromatic carbocycles. The van der Waals surface area contributed by atoms with Gasteiger partial charge in [-0.15, -0.1) is 0 Å². The van der Waals surface area contributed by atoms with Crippen LogP contribution in [0.5, 0.6) is 11.9 Å². The standard InChI is InChI=1S/C29H31ClF5N7O2/c1-37-16-3-6-42-17(9-16)12-43-26-20-24(22(32)23(38-26)18-7-15(36)8-19(30)21(18)29(33,34)35)39-27(40-25(20)42)44-13-28-4-2-5-41(28)11-14(31)10-28/h7-8,14,16-17,37H,2-6,9-13,36H2,1H3/t14-,16?,17?,28+/m1/s1. The number of rotatable bonds is 5. The Kier molecular flexibility index (Phi) is 7.16.